The molecule has 2 saturated carbocycles. The van der Waals surface area contributed by atoms with Crippen molar-refractivity contribution in [2.75, 3.05) is 13.1 Å². The van der Waals surface area contributed by atoms with E-state index >= 15 is 0 Å². The van der Waals surface area contributed by atoms with Crippen molar-refractivity contribution in [3.05, 3.63) is 52.8 Å². The number of nitrogens with zero attached hydrogens (tertiary/aromatic N) is 1. The fourth-order valence-corrected chi connectivity index (χ4v) is 8.48. The molecule has 1 aliphatic heterocycles. The maximum atomic E-state index is 5.69. The van der Waals surface area contributed by atoms with Crippen molar-refractivity contribution in [1.29, 1.82) is 0 Å². The average Bonchev–Trinajstić information content (AvgIpc) is 2.97. The predicted molar refractivity (Wildman–Crippen MR) is 155 cm³/mol. The number of nitrogens with one attached hydrogen (secondary N) is 4. The van der Waals surface area contributed by atoms with Crippen molar-refractivity contribution >= 4 is 0 Å². The van der Waals surface area contributed by atoms with Gasteiger partial charge in [-0.3, -0.25) is 4.98 Å². The van der Waals surface area contributed by atoms with Crippen LogP contribution in [-0.2, 0) is 12.8 Å². The molecule has 2 heterocycles. The van der Waals surface area contributed by atoms with Crippen LogP contribution in [0.15, 0.2) is 30.3 Å². The fraction of sp³-hybridized carbons (Fsp3) is 0.667. The van der Waals surface area contributed by atoms with E-state index in [2.05, 4.69) is 51.6 Å². The first kappa shape index (κ1) is 25.2. The van der Waals surface area contributed by atoms with Gasteiger partial charge in [0.15, 0.2) is 0 Å². The summed E-state index contributed by atoms with van der Waals surface area (Å²) in [5.74, 6) is 0. The summed E-state index contributed by atoms with van der Waals surface area (Å²) >= 11 is 0. The number of pyridine rings is 1. The summed E-state index contributed by atoms with van der Waals surface area (Å²) in [5.41, 5.74) is 8.77. The van der Waals surface area contributed by atoms with Crippen molar-refractivity contribution in [1.82, 2.24) is 26.3 Å². The van der Waals surface area contributed by atoms with Gasteiger partial charge in [0.1, 0.15) is 0 Å². The van der Waals surface area contributed by atoms with Gasteiger partial charge in [-0.1, -0.05) is 56.0 Å². The summed E-state index contributed by atoms with van der Waals surface area (Å²) in [6, 6.07) is 14.2. The van der Waals surface area contributed by atoms with Gasteiger partial charge in [-0.15, -0.1) is 0 Å². The van der Waals surface area contributed by atoms with Gasteiger partial charge in [-0.25, -0.2) is 0 Å². The molecule has 1 aromatic carbocycles. The van der Waals surface area contributed by atoms with E-state index in [1.165, 1.54) is 99.6 Å². The number of rotatable bonds is 1. The molecule has 204 valence electrons. The van der Waals surface area contributed by atoms with E-state index in [1.54, 1.807) is 11.1 Å². The van der Waals surface area contributed by atoms with Crippen LogP contribution < -0.4 is 21.3 Å². The molecule has 4 aliphatic carbocycles. The van der Waals surface area contributed by atoms with Gasteiger partial charge in [0.25, 0.3) is 0 Å². The van der Waals surface area contributed by atoms with E-state index in [0.717, 1.165) is 25.9 Å². The highest BCUT2D eigenvalue weighted by molar-refractivity contribution is 5.74. The van der Waals surface area contributed by atoms with Crippen molar-refractivity contribution < 1.29 is 0 Å². The van der Waals surface area contributed by atoms with Crippen molar-refractivity contribution in [2.24, 2.45) is 0 Å². The van der Waals surface area contributed by atoms with E-state index in [-0.39, 0.29) is 0 Å². The van der Waals surface area contributed by atoms with Crippen LogP contribution in [0.2, 0.25) is 0 Å². The number of hydrogen-bond acceptors (Lipinski definition) is 5. The summed E-state index contributed by atoms with van der Waals surface area (Å²) in [5, 5.41) is 16.4. The van der Waals surface area contributed by atoms with Crippen LogP contribution in [0.5, 0.6) is 0 Å². The summed E-state index contributed by atoms with van der Waals surface area (Å²) in [7, 11) is 0. The molecule has 5 nitrogen and oxygen atoms in total. The fourth-order valence-electron chi connectivity index (χ4n) is 8.48. The first-order valence-corrected chi connectivity index (χ1v) is 15.9. The van der Waals surface area contributed by atoms with Crippen molar-refractivity contribution in [3.8, 4) is 11.1 Å². The highest BCUT2D eigenvalue weighted by Gasteiger charge is 2.36. The Bertz CT molecular complexity index is 1040. The summed E-state index contributed by atoms with van der Waals surface area (Å²) in [6.45, 7) is 2.14. The topological polar surface area (TPSA) is 61.0 Å². The molecule has 2 unspecified atom stereocenters. The minimum Gasteiger partial charge on any atom is -0.311 e. The van der Waals surface area contributed by atoms with Crippen molar-refractivity contribution in [3.63, 3.8) is 0 Å². The predicted octanol–water partition coefficient (Wildman–Crippen LogP) is 5.50. The molecule has 5 aliphatic rings. The Kier molecular flexibility index (Phi) is 7.54. The van der Waals surface area contributed by atoms with Crippen LogP contribution >= 0.6 is 0 Å². The summed E-state index contributed by atoms with van der Waals surface area (Å²) < 4.78 is 0. The monoisotopic (exact) mass is 513 g/mol. The van der Waals surface area contributed by atoms with Crippen LogP contribution in [0, 0.1) is 0 Å². The molecule has 0 saturated heterocycles. The van der Waals surface area contributed by atoms with E-state index in [0.29, 0.717) is 36.3 Å². The lowest BCUT2D eigenvalue weighted by Gasteiger charge is -2.39. The normalized spacial score (nSPS) is 33.8. The number of fused-ring (bicyclic) bond motifs is 2. The Labute approximate surface area is 229 Å². The number of hydrogen-bond donors (Lipinski definition) is 4. The zero-order valence-electron chi connectivity index (χ0n) is 23.1. The van der Waals surface area contributed by atoms with E-state index in [9.17, 15) is 0 Å². The number of benzene rings is 1. The molecule has 5 heteroatoms. The third-order valence-electron chi connectivity index (χ3n) is 10.3. The van der Waals surface area contributed by atoms with E-state index < -0.39 is 0 Å². The third kappa shape index (κ3) is 4.96. The van der Waals surface area contributed by atoms with Gasteiger partial charge < -0.3 is 21.3 Å². The van der Waals surface area contributed by atoms with Gasteiger partial charge in [-0.05, 0) is 86.5 Å². The zero-order valence-corrected chi connectivity index (χ0v) is 23.1. The van der Waals surface area contributed by atoms with Gasteiger partial charge >= 0.3 is 0 Å². The molecule has 7 rings (SSSR count). The molecule has 0 spiro atoms. The first-order valence-electron chi connectivity index (χ1n) is 15.9. The van der Waals surface area contributed by atoms with Crippen LogP contribution in [-0.4, -0.2) is 42.2 Å². The van der Waals surface area contributed by atoms with Crippen molar-refractivity contribution in [2.45, 2.75) is 126 Å². The Morgan fingerprint density at radius 3 is 1.58 bits per heavy atom. The van der Waals surface area contributed by atoms with Crippen LogP contribution in [0.25, 0.3) is 11.1 Å². The molecule has 2 aromatic rings. The molecule has 0 radical (unpaired) electrons. The Balaban J connectivity index is 1.35. The van der Waals surface area contributed by atoms with E-state index in [1.807, 2.05) is 0 Å². The molecular weight excluding hydrogens is 466 g/mol. The van der Waals surface area contributed by atoms with Crippen LogP contribution in [0.1, 0.15) is 112 Å². The SMILES string of the molecule is c1ccc(-c2c3c4nc5c2CCCC5N[C@@H]2CCCC[C@H]2NCCN[C@@H]2CCCC[C@H]2NC4CCC3)cc1. The van der Waals surface area contributed by atoms with Crippen LogP contribution in [0.3, 0.4) is 0 Å². The molecule has 2 fully saturated rings. The van der Waals surface area contributed by atoms with Gasteiger partial charge in [0.05, 0.1) is 23.5 Å². The largest absolute Gasteiger partial charge is 0.311 e. The second-order valence-corrected chi connectivity index (χ2v) is 12.7. The smallest absolute Gasteiger partial charge is 0.0615 e. The molecule has 1 aromatic heterocycles. The zero-order chi connectivity index (χ0) is 25.3. The maximum absolute atomic E-state index is 5.69. The summed E-state index contributed by atoms with van der Waals surface area (Å²) in [4.78, 5) is 5.69. The lowest BCUT2D eigenvalue weighted by molar-refractivity contribution is 0.243. The lowest BCUT2D eigenvalue weighted by Crippen LogP contribution is -2.54. The van der Waals surface area contributed by atoms with E-state index in [4.69, 9.17) is 4.98 Å². The summed E-state index contributed by atoms with van der Waals surface area (Å²) in [6.07, 6.45) is 17.8. The molecule has 6 atom stereocenters. The van der Waals surface area contributed by atoms with Gasteiger partial charge in [0.2, 0.25) is 0 Å². The molecule has 2 bridgehead atoms. The first-order chi connectivity index (χ1) is 18.8. The third-order valence-corrected chi connectivity index (χ3v) is 10.3. The second-order valence-electron chi connectivity index (χ2n) is 12.7. The minimum atomic E-state index is 0.368. The lowest BCUT2D eigenvalue weighted by atomic mass is 9.78. The quantitative estimate of drug-likeness (QED) is 0.406. The molecule has 38 heavy (non-hydrogen) atoms. The Morgan fingerprint density at radius 1 is 0.553 bits per heavy atom. The van der Waals surface area contributed by atoms with Gasteiger partial charge in [-0.2, -0.15) is 0 Å². The molecule has 4 N–H and O–H groups in total. The highest BCUT2D eigenvalue weighted by Crippen LogP contribution is 2.43. The molecule has 0 amide bonds. The highest BCUT2D eigenvalue weighted by atomic mass is 15.1. The Morgan fingerprint density at radius 2 is 1.05 bits per heavy atom. The molecular formula is C33H47N5. The minimum absolute atomic E-state index is 0.368. The van der Waals surface area contributed by atoms with Gasteiger partial charge in [0, 0.05) is 37.3 Å². The van der Waals surface area contributed by atoms with Crippen LogP contribution in [0.4, 0.5) is 0 Å². The maximum Gasteiger partial charge on any atom is 0.0615 e. The average molecular weight is 514 g/mol. The second kappa shape index (κ2) is 11.4. The standard InChI is InChI=1S/C33H47N5/c1-2-10-22(11-3-1)31-23-12-8-18-29-32(23)38-33-24(31)13-9-19-30(33)37-28-17-7-5-15-26(28)35-21-20-34-25-14-4-6-16-27(25)36-29/h1-3,10-11,25-30,34-37H,4-9,12-21H2/t25-,26-,27-,28-,29?,30?/m1/s1. The Hall–Kier alpha value is -1.79. The number of aromatic nitrogens is 1.